The van der Waals surface area contributed by atoms with Crippen LogP contribution in [-0.2, 0) is 4.79 Å². The monoisotopic (exact) mass is 368 g/mol. The zero-order valence-corrected chi connectivity index (χ0v) is 15.8. The van der Waals surface area contributed by atoms with Crippen LogP contribution in [0.4, 0.5) is 5.69 Å². The number of amides is 1. The Morgan fingerprint density at radius 3 is 2.29 bits per heavy atom. The third-order valence-corrected chi connectivity index (χ3v) is 4.62. The van der Waals surface area contributed by atoms with Gasteiger partial charge in [-0.05, 0) is 31.2 Å². The van der Waals surface area contributed by atoms with Crippen LogP contribution in [0.25, 0.3) is 6.08 Å². The molecule has 1 aliphatic heterocycles. The largest absolute Gasteiger partial charge is 0.496 e. The van der Waals surface area contributed by atoms with Crippen LogP contribution in [0.5, 0.6) is 5.75 Å². The van der Waals surface area contributed by atoms with Crippen molar-refractivity contribution in [1.29, 1.82) is 0 Å². The number of nitrogens with zero attached hydrogens (tertiary/aromatic N) is 2. The Morgan fingerprint density at radius 2 is 1.57 bits per heavy atom. The SMILES string of the molecule is COc1ccccc1/C=C1/N=C(c2ccc(C)cc2)N(c2ccccc2)C1=O. The van der Waals surface area contributed by atoms with E-state index in [2.05, 4.69) is 0 Å². The van der Waals surface area contributed by atoms with Crippen LogP contribution in [0, 0.1) is 6.92 Å². The van der Waals surface area contributed by atoms with Crippen molar-refractivity contribution in [3.8, 4) is 5.75 Å². The van der Waals surface area contributed by atoms with Gasteiger partial charge in [0.1, 0.15) is 17.3 Å². The standard InChI is InChI=1S/C24H20N2O2/c1-17-12-14-18(15-13-17)23-25-21(16-19-8-6-7-11-22(19)28-2)24(27)26(23)20-9-4-3-5-10-20/h3-16H,1-2H3/b21-16+. The molecule has 0 aliphatic carbocycles. The molecule has 0 unspecified atom stereocenters. The molecule has 0 radical (unpaired) electrons. The lowest BCUT2D eigenvalue weighted by Gasteiger charge is -2.18. The van der Waals surface area contributed by atoms with Crippen LogP contribution in [0.15, 0.2) is 89.6 Å². The summed E-state index contributed by atoms with van der Waals surface area (Å²) in [6, 6.07) is 25.2. The van der Waals surface area contributed by atoms with Crippen LogP contribution >= 0.6 is 0 Å². The Kier molecular flexibility index (Phi) is 4.77. The van der Waals surface area contributed by atoms with Crippen molar-refractivity contribution in [1.82, 2.24) is 0 Å². The molecule has 0 bridgehead atoms. The van der Waals surface area contributed by atoms with Gasteiger partial charge in [-0.2, -0.15) is 0 Å². The minimum absolute atomic E-state index is 0.160. The molecule has 1 heterocycles. The van der Waals surface area contributed by atoms with Gasteiger partial charge in [0.15, 0.2) is 0 Å². The number of rotatable bonds is 4. The molecule has 138 valence electrons. The molecule has 3 aromatic carbocycles. The number of para-hydroxylation sites is 2. The summed E-state index contributed by atoms with van der Waals surface area (Å²) < 4.78 is 5.41. The van der Waals surface area contributed by atoms with E-state index in [0.29, 0.717) is 17.3 Å². The molecule has 1 amide bonds. The molecule has 0 N–H and O–H groups in total. The second kappa shape index (κ2) is 7.53. The Labute approximate surface area is 164 Å². The van der Waals surface area contributed by atoms with Gasteiger partial charge in [-0.3, -0.25) is 9.69 Å². The fourth-order valence-corrected chi connectivity index (χ4v) is 3.16. The number of hydrogen-bond donors (Lipinski definition) is 0. The van der Waals surface area contributed by atoms with Crippen molar-refractivity contribution in [3.05, 3.63) is 101 Å². The maximum absolute atomic E-state index is 13.3. The molecule has 4 rings (SSSR count). The number of carbonyl (C=O) groups excluding carboxylic acids is 1. The molecule has 0 saturated heterocycles. The summed E-state index contributed by atoms with van der Waals surface area (Å²) in [5.74, 6) is 1.16. The lowest BCUT2D eigenvalue weighted by Crippen LogP contribution is -2.32. The van der Waals surface area contributed by atoms with Gasteiger partial charge < -0.3 is 4.74 Å². The number of hydrogen-bond acceptors (Lipinski definition) is 3. The van der Waals surface area contributed by atoms with E-state index < -0.39 is 0 Å². The number of aryl methyl sites for hydroxylation is 1. The molecule has 1 aliphatic rings. The highest BCUT2D eigenvalue weighted by Gasteiger charge is 2.32. The first kappa shape index (κ1) is 17.7. The number of anilines is 1. The van der Waals surface area contributed by atoms with E-state index in [1.54, 1.807) is 18.1 Å². The molecule has 0 aromatic heterocycles. The lowest BCUT2D eigenvalue weighted by molar-refractivity contribution is -0.113. The Hall–Kier alpha value is -3.66. The van der Waals surface area contributed by atoms with Crippen LogP contribution in [0.3, 0.4) is 0 Å². The zero-order valence-electron chi connectivity index (χ0n) is 15.8. The number of aliphatic imine (C=N–C) groups is 1. The Bertz CT molecular complexity index is 1070. The molecule has 0 saturated carbocycles. The topological polar surface area (TPSA) is 41.9 Å². The van der Waals surface area contributed by atoms with Gasteiger partial charge in [0.05, 0.1) is 12.8 Å². The quantitative estimate of drug-likeness (QED) is 0.619. The van der Waals surface area contributed by atoms with E-state index >= 15 is 0 Å². The second-order valence-electron chi connectivity index (χ2n) is 6.55. The summed E-state index contributed by atoms with van der Waals surface area (Å²) in [6.45, 7) is 2.04. The summed E-state index contributed by atoms with van der Waals surface area (Å²) in [4.78, 5) is 19.6. The van der Waals surface area contributed by atoms with Gasteiger partial charge in [-0.1, -0.05) is 66.2 Å². The fourth-order valence-electron chi connectivity index (χ4n) is 3.16. The number of amidine groups is 1. The van der Waals surface area contributed by atoms with E-state index in [1.165, 1.54) is 0 Å². The molecule has 28 heavy (non-hydrogen) atoms. The van der Waals surface area contributed by atoms with Crippen LogP contribution in [0.2, 0.25) is 0 Å². The molecule has 3 aromatic rings. The number of benzene rings is 3. The summed E-state index contributed by atoms with van der Waals surface area (Å²) in [6.07, 6.45) is 1.78. The molecule has 0 fully saturated rings. The molecular weight excluding hydrogens is 348 g/mol. The van der Waals surface area contributed by atoms with Gasteiger partial charge in [0.25, 0.3) is 5.91 Å². The van der Waals surface area contributed by atoms with Crippen LogP contribution in [-0.4, -0.2) is 18.9 Å². The lowest BCUT2D eigenvalue weighted by atomic mass is 10.1. The predicted octanol–water partition coefficient (Wildman–Crippen LogP) is 4.84. The summed E-state index contributed by atoms with van der Waals surface area (Å²) in [5, 5.41) is 0. The molecule has 4 heteroatoms. The van der Waals surface area contributed by atoms with E-state index in [-0.39, 0.29) is 5.91 Å². The van der Waals surface area contributed by atoms with E-state index in [0.717, 1.165) is 22.4 Å². The molecule has 0 atom stereocenters. The number of ether oxygens (including phenoxy) is 1. The highest BCUT2D eigenvalue weighted by Crippen LogP contribution is 2.29. The first-order valence-electron chi connectivity index (χ1n) is 9.07. The van der Waals surface area contributed by atoms with Crippen molar-refractivity contribution in [2.75, 3.05) is 12.0 Å². The van der Waals surface area contributed by atoms with E-state index in [9.17, 15) is 4.79 Å². The van der Waals surface area contributed by atoms with Gasteiger partial charge in [-0.25, -0.2) is 4.99 Å². The highest BCUT2D eigenvalue weighted by atomic mass is 16.5. The van der Waals surface area contributed by atoms with E-state index in [1.807, 2.05) is 85.8 Å². The minimum Gasteiger partial charge on any atom is -0.496 e. The minimum atomic E-state index is -0.160. The average molecular weight is 368 g/mol. The Morgan fingerprint density at radius 1 is 0.893 bits per heavy atom. The third kappa shape index (κ3) is 3.32. The number of carbonyl (C=O) groups is 1. The first-order chi connectivity index (χ1) is 13.7. The smallest absolute Gasteiger partial charge is 0.282 e. The van der Waals surface area contributed by atoms with Gasteiger partial charge in [0.2, 0.25) is 0 Å². The van der Waals surface area contributed by atoms with Crippen molar-refractivity contribution < 1.29 is 9.53 Å². The second-order valence-corrected chi connectivity index (χ2v) is 6.55. The van der Waals surface area contributed by atoms with Gasteiger partial charge >= 0.3 is 0 Å². The van der Waals surface area contributed by atoms with Crippen LogP contribution in [0.1, 0.15) is 16.7 Å². The van der Waals surface area contributed by atoms with Crippen molar-refractivity contribution in [2.24, 2.45) is 4.99 Å². The van der Waals surface area contributed by atoms with E-state index in [4.69, 9.17) is 9.73 Å². The highest BCUT2D eigenvalue weighted by molar-refractivity contribution is 6.33. The van der Waals surface area contributed by atoms with Crippen molar-refractivity contribution in [3.63, 3.8) is 0 Å². The fraction of sp³-hybridized carbons (Fsp3) is 0.0833. The summed E-state index contributed by atoms with van der Waals surface area (Å²) >= 11 is 0. The maximum Gasteiger partial charge on any atom is 0.282 e. The summed E-state index contributed by atoms with van der Waals surface area (Å²) in [5.41, 5.74) is 4.03. The average Bonchev–Trinajstić information content (AvgIpc) is 3.05. The maximum atomic E-state index is 13.3. The first-order valence-corrected chi connectivity index (χ1v) is 9.07. The van der Waals surface area contributed by atoms with Gasteiger partial charge in [0, 0.05) is 11.1 Å². The van der Waals surface area contributed by atoms with Crippen LogP contribution < -0.4 is 9.64 Å². The predicted molar refractivity (Wildman–Crippen MR) is 113 cm³/mol. The van der Waals surface area contributed by atoms with Crippen molar-refractivity contribution in [2.45, 2.75) is 6.92 Å². The molecule has 0 spiro atoms. The molecular formula is C24H20N2O2. The zero-order chi connectivity index (χ0) is 19.5. The van der Waals surface area contributed by atoms with Crippen molar-refractivity contribution >= 4 is 23.5 Å². The number of methoxy groups -OCH3 is 1. The summed E-state index contributed by atoms with van der Waals surface area (Å²) in [7, 11) is 1.62. The third-order valence-electron chi connectivity index (χ3n) is 4.62. The molecule has 4 nitrogen and oxygen atoms in total. The normalized spacial score (nSPS) is 15.1. The van der Waals surface area contributed by atoms with Gasteiger partial charge in [-0.15, -0.1) is 0 Å². The Balaban J connectivity index is 1.84.